The van der Waals surface area contributed by atoms with Crippen molar-refractivity contribution < 1.29 is 13.2 Å². The molecule has 17 heavy (non-hydrogen) atoms. The lowest BCUT2D eigenvalue weighted by molar-refractivity contribution is -0.132. The molecule has 1 fully saturated rings. The topological polar surface area (TPSA) is 66.5 Å². The summed E-state index contributed by atoms with van der Waals surface area (Å²) in [6.07, 6.45) is 1.95. The van der Waals surface area contributed by atoms with Crippen LogP contribution in [-0.4, -0.2) is 56.4 Å². The van der Waals surface area contributed by atoms with Crippen molar-refractivity contribution >= 4 is 15.7 Å². The lowest BCUT2D eigenvalue weighted by Gasteiger charge is -2.36. The molecular formula is C11H22N2O3S. The van der Waals surface area contributed by atoms with Crippen molar-refractivity contribution in [2.75, 3.05) is 25.1 Å². The van der Waals surface area contributed by atoms with Crippen LogP contribution in [0.2, 0.25) is 0 Å². The van der Waals surface area contributed by atoms with E-state index in [4.69, 9.17) is 0 Å². The van der Waals surface area contributed by atoms with Crippen LogP contribution in [0.3, 0.4) is 0 Å². The van der Waals surface area contributed by atoms with Gasteiger partial charge in [0.1, 0.15) is 9.84 Å². The van der Waals surface area contributed by atoms with Crippen molar-refractivity contribution in [1.82, 2.24) is 10.2 Å². The maximum Gasteiger partial charge on any atom is 0.222 e. The Bertz CT molecular complexity index is 357. The minimum Gasteiger partial charge on any atom is -0.340 e. The van der Waals surface area contributed by atoms with Crippen molar-refractivity contribution in [2.45, 2.75) is 38.8 Å². The molecule has 5 nitrogen and oxygen atoms in total. The number of nitrogens with zero attached hydrogens (tertiary/aromatic N) is 1. The predicted molar refractivity (Wildman–Crippen MR) is 67.6 cm³/mol. The molecule has 1 heterocycles. The van der Waals surface area contributed by atoms with Crippen LogP contribution in [0.5, 0.6) is 0 Å². The van der Waals surface area contributed by atoms with E-state index in [2.05, 4.69) is 5.32 Å². The molecule has 1 N–H and O–H groups in total. The Balaban J connectivity index is 2.37. The Labute approximate surface area is 103 Å². The molecular weight excluding hydrogens is 240 g/mol. The molecule has 2 unspecified atom stereocenters. The molecule has 100 valence electrons. The Kier molecular flexibility index (Phi) is 4.94. The third-order valence-electron chi connectivity index (χ3n) is 2.82. The summed E-state index contributed by atoms with van der Waals surface area (Å²) >= 11 is 0. The number of rotatable bonds is 4. The molecule has 2 atom stereocenters. The second-order valence-electron chi connectivity index (χ2n) is 5.00. The van der Waals surface area contributed by atoms with Crippen LogP contribution in [0.4, 0.5) is 0 Å². The number of amides is 1. The first-order valence-corrected chi connectivity index (χ1v) is 8.05. The maximum absolute atomic E-state index is 11.9. The van der Waals surface area contributed by atoms with Crippen LogP contribution in [0.15, 0.2) is 0 Å². The third-order valence-corrected chi connectivity index (χ3v) is 3.85. The van der Waals surface area contributed by atoms with Gasteiger partial charge in [-0.25, -0.2) is 8.42 Å². The number of hydrogen-bond acceptors (Lipinski definition) is 4. The van der Waals surface area contributed by atoms with Gasteiger partial charge < -0.3 is 10.2 Å². The summed E-state index contributed by atoms with van der Waals surface area (Å²) < 4.78 is 21.9. The van der Waals surface area contributed by atoms with E-state index < -0.39 is 9.84 Å². The normalized spacial score (nSPS) is 25.9. The largest absolute Gasteiger partial charge is 0.340 e. The molecule has 0 aromatic carbocycles. The number of carbonyl (C=O) groups excluding carboxylic acids is 1. The fourth-order valence-electron chi connectivity index (χ4n) is 2.17. The van der Waals surface area contributed by atoms with Crippen LogP contribution >= 0.6 is 0 Å². The molecule has 0 aromatic rings. The van der Waals surface area contributed by atoms with Crippen LogP contribution in [0.25, 0.3) is 0 Å². The van der Waals surface area contributed by atoms with E-state index in [0.717, 1.165) is 0 Å². The van der Waals surface area contributed by atoms with Gasteiger partial charge in [0.05, 0.1) is 5.75 Å². The molecule has 1 saturated heterocycles. The number of sulfone groups is 1. The molecule has 1 aliphatic rings. The highest BCUT2D eigenvalue weighted by Gasteiger charge is 2.24. The van der Waals surface area contributed by atoms with E-state index >= 15 is 0 Å². The van der Waals surface area contributed by atoms with Gasteiger partial charge in [0.15, 0.2) is 0 Å². The SMILES string of the molecule is CC1CN(C(=O)CCCS(C)(=O)=O)CC(C)N1. The predicted octanol–water partition coefficient (Wildman–Crippen LogP) is 0.0200. The van der Waals surface area contributed by atoms with E-state index in [1.807, 2.05) is 18.7 Å². The standard InChI is InChI=1S/C11H22N2O3S/c1-9-7-13(8-10(2)12-9)11(14)5-4-6-17(3,15)16/h9-10,12H,4-8H2,1-3H3. The highest BCUT2D eigenvalue weighted by Crippen LogP contribution is 2.07. The number of hydrogen-bond donors (Lipinski definition) is 1. The van der Waals surface area contributed by atoms with Crippen LogP contribution in [0, 0.1) is 0 Å². The van der Waals surface area contributed by atoms with Gasteiger partial charge in [0, 0.05) is 37.8 Å². The molecule has 0 aliphatic carbocycles. The van der Waals surface area contributed by atoms with Gasteiger partial charge in [-0.3, -0.25) is 4.79 Å². The first-order chi connectivity index (χ1) is 7.78. The van der Waals surface area contributed by atoms with Crippen molar-refractivity contribution in [3.63, 3.8) is 0 Å². The minimum absolute atomic E-state index is 0.0638. The monoisotopic (exact) mass is 262 g/mol. The molecule has 6 heteroatoms. The molecule has 1 rings (SSSR count). The smallest absolute Gasteiger partial charge is 0.222 e. The second-order valence-corrected chi connectivity index (χ2v) is 7.26. The molecule has 0 radical (unpaired) electrons. The third kappa shape index (κ3) is 5.50. The molecule has 0 saturated carbocycles. The fourth-order valence-corrected chi connectivity index (χ4v) is 2.84. The van der Waals surface area contributed by atoms with Crippen molar-refractivity contribution in [3.05, 3.63) is 0 Å². The van der Waals surface area contributed by atoms with E-state index in [9.17, 15) is 13.2 Å². The molecule has 0 spiro atoms. The zero-order chi connectivity index (χ0) is 13.1. The van der Waals surface area contributed by atoms with Crippen LogP contribution < -0.4 is 5.32 Å². The number of nitrogens with one attached hydrogen (secondary N) is 1. The second kappa shape index (κ2) is 5.82. The molecule has 1 amide bonds. The Morgan fingerprint density at radius 3 is 2.29 bits per heavy atom. The summed E-state index contributed by atoms with van der Waals surface area (Å²) in [7, 11) is -2.96. The van der Waals surface area contributed by atoms with Gasteiger partial charge in [0.25, 0.3) is 0 Å². The average molecular weight is 262 g/mol. The van der Waals surface area contributed by atoms with Gasteiger partial charge in [-0.2, -0.15) is 0 Å². The lowest BCUT2D eigenvalue weighted by Crippen LogP contribution is -2.55. The van der Waals surface area contributed by atoms with E-state index in [1.54, 1.807) is 0 Å². The Hall–Kier alpha value is -0.620. The van der Waals surface area contributed by atoms with Gasteiger partial charge in [-0.1, -0.05) is 0 Å². The summed E-state index contributed by atoms with van der Waals surface area (Å²) in [5.74, 6) is 0.157. The Morgan fingerprint density at radius 2 is 1.82 bits per heavy atom. The fraction of sp³-hybridized carbons (Fsp3) is 0.909. The zero-order valence-corrected chi connectivity index (χ0v) is 11.6. The van der Waals surface area contributed by atoms with Crippen LogP contribution in [0.1, 0.15) is 26.7 Å². The van der Waals surface area contributed by atoms with Crippen molar-refractivity contribution in [3.8, 4) is 0 Å². The molecule has 0 bridgehead atoms. The summed E-state index contributed by atoms with van der Waals surface area (Å²) in [6, 6.07) is 0.607. The van der Waals surface area contributed by atoms with E-state index in [1.165, 1.54) is 6.26 Å². The zero-order valence-electron chi connectivity index (χ0n) is 10.8. The summed E-state index contributed by atoms with van der Waals surface area (Å²) in [5, 5.41) is 3.35. The summed E-state index contributed by atoms with van der Waals surface area (Å²) in [5.41, 5.74) is 0. The van der Waals surface area contributed by atoms with Gasteiger partial charge in [0.2, 0.25) is 5.91 Å². The quantitative estimate of drug-likeness (QED) is 0.775. The summed E-state index contributed by atoms with van der Waals surface area (Å²) in [6.45, 7) is 5.52. The lowest BCUT2D eigenvalue weighted by atomic mass is 10.1. The minimum atomic E-state index is -2.96. The van der Waals surface area contributed by atoms with Gasteiger partial charge in [-0.05, 0) is 20.3 Å². The molecule has 0 aromatic heterocycles. The first kappa shape index (κ1) is 14.4. The molecule has 1 aliphatic heterocycles. The maximum atomic E-state index is 11.9. The van der Waals surface area contributed by atoms with E-state index in [-0.39, 0.29) is 11.7 Å². The first-order valence-electron chi connectivity index (χ1n) is 5.99. The summed E-state index contributed by atoms with van der Waals surface area (Å²) in [4.78, 5) is 13.7. The van der Waals surface area contributed by atoms with Crippen molar-refractivity contribution in [2.24, 2.45) is 0 Å². The number of piperazine rings is 1. The number of carbonyl (C=O) groups is 1. The van der Waals surface area contributed by atoms with Crippen LogP contribution in [-0.2, 0) is 14.6 Å². The van der Waals surface area contributed by atoms with Crippen molar-refractivity contribution in [1.29, 1.82) is 0 Å². The van der Waals surface area contributed by atoms with Gasteiger partial charge in [-0.15, -0.1) is 0 Å². The average Bonchev–Trinajstić information content (AvgIpc) is 2.13. The highest BCUT2D eigenvalue weighted by molar-refractivity contribution is 7.90. The highest BCUT2D eigenvalue weighted by atomic mass is 32.2. The Morgan fingerprint density at radius 1 is 1.29 bits per heavy atom. The van der Waals surface area contributed by atoms with E-state index in [0.29, 0.717) is 38.0 Å². The van der Waals surface area contributed by atoms with Gasteiger partial charge >= 0.3 is 0 Å².